The van der Waals surface area contributed by atoms with Crippen molar-refractivity contribution in [3.8, 4) is 0 Å². The molecule has 1 heteroatoms. The molecular weight excluding hydrogens is 242 g/mol. The van der Waals surface area contributed by atoms with Crippen molar-refractivity contribution in [3.63, 3.8) is 0 Å². The molecule has 0 saturated heterocycles. The van der Waals surface area contributed by atoms with Crippen LogP contribution in [0.5, 0.6) is 0 Å². The molecular formula is C19H31N. The van der Waals surface area contributed by atoms with E-state index in [2.05, 4.69) is 63.3 Å². The average Bonchev–Trinajstić information content (AvgIpc) is 2.41. The van der Waals surface area contributed by atoms with Crippen molar-refractivity contribution < 1.29 is 0 Å². The van der Waals surface area contributed by atoms with Gasteiger partial charge in [0.05, 0.1) is 0 Å². The van der Waals surface area contributed by atoms with Gasteiger partial charge in [-0.15, -0.1) is 0 Å². The van der Waals surface area contributed by atoms with Crippen LogP contribution < -0.4 is 5.32 Å². The lowest BCUT2D eigenvalue weighted by molar-refractivity contribution is 0.206. The molecule has 1 aliphatic carbocycles. The minimum atomic E-state index is 0.511. The van der Waals surface area contributed by atoms with Gasteiger partial charge in [-0.05, 0) is 49.0 Å². The van der Waals surface area contributed by atoms with E-state index in [1.165, 1.54) is 31.2 Å². The molecule has 112 valence electrons. The van der Waals surface area contributed by atoms with Gasteiger partial charge in [0.15, 0.2) is 0 Å². The zero-order valence-electron chi connectivity index (χ0n) is 13.6. The van der Waals surface area contributed by atoms with Crippen LogP contribution in [0.25, 0.3) is 0 Å². The summed E-state index contributed by atoms with van der Waals surface area (Å²) in [6, 6.07) is 12.2. The van der Waals surface area contributed by atoms with Crippen molar-refractivity contribution in [2.24, 2.45) is 17.8 Å². The highest BCUT2D eigenvalue weighted by molar-refractivity contribution is 5.19. The summed E-state index contributed by atoms with van der Waals surface area (Å²) in [5, 5.41) is 3.97. The fraction of sp³-hybridized carbons (Fsp3) is 0.684. The third kappa shape index (κ3) is 4.34. The number of hydrogen-bond acceptors (Lipinski definition) is 1. The molecule has 4 atom stereocenters. The van der Waals surface area contributed by atoms with E-state index < -0.39 is 0 Å². The number of benzene rings is 1. The second kappa shape index (κ2) is 7.26. The highest BCUT2D eigenvalue weighted by atomic mass is 15.0. The van der Waals surface area contributed by atoms with E-state index in [0.29, 0.717) is 12.1 Å². The van der Waals surface area contributed by atoms with E-state index in [9.17, 15) is 0 Å². The highest BCUT2D eigenvalue weighted by Gasteiger charge is 2.27. The van der Waals surface area contributed by atoms with Crippen molar-refractivity contribution in [1.82, 2.24) is 5.32 Å². The highest BCUT2D eigenvalue weighted by Crippen LogP contribution is 2.31. The van der Waals surface area contributed by atoms with Crippen LogP contribution in [0.4, 0.5) is 0 Å². The van der Waals surface area contributed by atoms with E-state index in [-0.39, 0.29) is 0 Å². The monoisotopic (exact) mass is 273 g/mol. The first-order valence-electron chi connectivity index (χ1n) is 8.37. The Labute approximate surface area is 125 Å². The van der Waals surface area contributed by atoms with Crippen molar-refractivity contribution in [2.75, 3.05) is 0 Å². The van der Waals surface area contributed by atoms with Gasteiger partial charge in [-0.25, -0.2) is 0 Å². The van der Waals surface area contributed by atoms with Crippen molar-refractivity contribution in [1.29, 1.82) is 0 Å². The molecule has 0 heterocycles. The van der Waals surface area contributed by atoms with Gasteiger partial charge in [0.2, 0.25) is 0 Å². The smallest absolute Gasteiger partial charge is 0.0325 e. The zero-order chi connectivity index (χ0) is 14.5. The summed E-state index contributed by atoms with van der Waals surface area (Å²) in [5.74, 6) is 2.44. The Balaban J connectivity index is 2.04. The minimum absolute atomic E-state index is 0.511. The summed E-state index contributed by atoms with van der Waals surface area (Å²) in [6.07, 6.45) is 5.32. The first kappa shape index (κ1) is 15.6. The van der Waals surface area contributed by atoms with Gasteiger partial charge in [0, 0.05) is 12.1 Å². The van der Waals surface area contributed by atoms with Crippen LogP contribution in [0.3, 0.4) is 0 Å². The Morgan fingerprint density at radius 3 is 2.40 bits per heavy atom. The Bertz CT molecular complexity index is 384. The lowest BCUT2D eigenvalue weighted by Crippen LogP contribution is -2.41. The maximum atomic E-state index is 3.97. The van der Waals surface area contributed by atoms with Crippen LogP contribution >= 0.6 is 0 Å². The molecule has 1 N–H and O–H groups in total. The van der Waals surface area contributed by atoms with Gasteiger partial charge in [0.25, 0.3) is 0 Å². The van der Waals surface area contributed by atoms with Gasteiger partial charge in [-0.1, -0.05) is 58.0 Å². The first-order chi connectivity index (χ1) is 9.56. The standard InChI is InChI=1S/C19H31N/c1-14(2)12-19(17-8-6-5-7-9-17)20-18-11-10-15(3)13-16(18)4/h5-9,14-16,18-20H,10-13H2,1-4H3. The number of hydrogen-bond donors (Lipinski definition) is 1. The molecule has 1 nitrogen and oxygen atoms in total. The first-order valence-corrected chi connectivity index (χ1v) is 8.37. The Morgan fingerprint density at radius 2 is 1.80 bits per heavy atom. The molecule has 20 heavy (non-hydrogen) atoms. The second-order valence-electron chi connectivity index (χ2n) is 7.26. The van der Waals surface area contributed by atoms with Crippen LogP contribution in [0.15, 0.2) is 30.3 Å². The van der Waals surface area contributed by atoms with Crippen molar-refractivity contribution in [3.05, 3.63) is 35.9 Å². The fourth-order valence-corrected chi connectivity index (χ4v) is 3.63. The maximum absolute atomic E-state index is 3.97. The Morgan fingerprint density at radius 1 is 1.10 bits per heavy atom. The van der Waals surface area contributed by atoms with E-state index >= 15 is 0 Å². The van der Waals surface area contributed by atoms with Crippen LogP contribution in [0.1, 0.15) is 65.0 Å². The maximum Gasteiger partial charge on any atom is 0.0325 e. The van der Waals surface area contributed by atoms with E-state index in [1.54, 1.807) is 0 Å². The molecule has 1 fully saturated rings. The predicted molar refractivity (Wildman–Crippen MR) is 87.7 cm³/mol. The van der Waals surface area contributed by atoms with E-state index in [1.807, 2.05) is 0 Å². The zero-order valence-corrected chi connectivity index (χ0v) is 13.6. The van der Waals surface area contributed by atoms with Gasteiger partial charge in [-0.3, -0.25) is 0 Å². The average molecular weight is 273 g/mol. The van der Waals surface area contributed by atoms with Crippen LogP contribution in [-0.2, 0) is 0 Å². The van der Waals surface area contributed by atoms with Crippen molar-refractivity contribution >= 4 is 0 Å². The summed E-state index contributed by atoms with van der Waals surface area (Å²) in [6.45, 7) is 9.47. The Hall–Kier alpha value is -0.820. The van der Waals surface area contributed by atoms with Crippen LogP contribution in [-0.4, -0.2) is 6.04 Å². The summed E-state index contributed by atoms with van der Waals surface area (Å²) in [5.41, 5.74) is 1.45. The quantitative estimate of drug-likeness (QED) is 0.778. The Kier molecular flexibility index (Phi) is 5.65. The number of rotatable bonds is 5. The largest absolute Gasteiger partial charge is 0.307 e. The molecule has 0 bridgehead atoms. The summed E-state index contributed by atoms with van der Waals surface area (Å²) < 4.78 is 0. The van der Waals surface area contributed by atoms with Gasteiger partial charge in [0.1, 0.15) is 0 Å². The molecule has 1 aliphatic rings. The molecule has 2 rings (SSSR count). The lowest BCUT2D eigenvalue weighted by Gasteiger charge is -2.36. The molecule has 1 aromatic rings. The third-order valence-corrected chi connectivity index (χ3v) is 4.76. The fourth-order valence-electron chi connectivity index (χ4n) is 3.63. The molecule has 1 saturated carbocycles. The molecule has 1 aromatic carbocycles. The molecule has 0 spiro atoms. The summed E-state index contributed by atoms with van der Waals surface area (Å²) >= 11 is 0. The van der Waals surface area contributed by atoms with Gasteiger partial charge < -0.3 is 5.32 Å². The lowest BCUT2D eigenvalue weighted by atomic mass is 9.79. The van der Waals surface area contributed by atoms with Gasteiger partial charge >= 0.3 is 0 Å². The molecule has 0 amide bonds. The molecule has 0 aromatic heterocycles. The molecule has 0 aliphatic heterocycles. The predicted octanol–water partition coefficient (Wildman–Crippen LogP) is 5.19. The third-order valence-electron chi connectivity index (χ3n) is 4.76. The second-order valence-corrected chi connectivity index (χ2v) is 7.26. The normalized spacial score (nSPS) is 28.6. The van der Waals surface area contributed by atoms with Crippen molar-refractivity contribution in [2.45, 2.75) is 65.5 Å². The minimum Gasteiger partial charge on any atom is -0.307 e. The summed E-state index contributed by atoms with van der Waals surface area (Å²) in [7, 11) is 0. The number of nitrogens with one attached hydrogen (secondary N) is 1. The molecule has 0 radical (unpaired) electrons. The van der Waals surface area contributed by atoms with E-state index in [4.69, 9.17) is 0 Å². The topological polar surface area (TPSA) is 12.0 Å². The summed E-state index contributed by atoms with van der Waals surface area (Å²) in [4.78, 5) is 0. The van der Waals surface area contributed by atoms with Crippen LogP contribution in [0.2, 0.25) is 0 Å². The van der Waals surface area contributed by atoms with E-state index in [0.717, 1.165) is 17.8 Å². The molecule has 4 unspecified atom stereocenters. The van der Waals surface area contributed by atoms with Crippen LogP contribution in [0, 0.1) is 17.8 Å². The van der Waals surface area contributed by atoms with Gasteiger partial charge in [-0.2, -0.15) is 0 Å². The SMILES string of the molecule is CC(C)CC(NC1CCC(C)CC1C)c1ccccc1.